The van der Waals surface area contributed by atoms with Crippen LogP contribution in [0.4, 0.5) is 4.79 Å². The van der Waals surface area contributed by atoms with Gasteiger partial charge in [-0.15, -0.1) is 0 Å². The Morgan fingerprint density at radius 2 is 1.88 bits per heavy atom. The topological polar surface area (TPSA) is 44.8 Å². The highest BCUT2D eigenvalue weighted by molar-refractivity contribution is 5.59. The van der Waals surface area contributed by atoms with Crippen molar-refractivity contribution in [2.45, 2.75) is 20.0 Å². The third-order valence-electron chi connectivity index (χ3n) is 2.20. The first kappa shape index (κ1) is 13.5. The van der Waals surface area contributed by atoms with Crippen molar-refractivity contribution >= 4 is 6.16 Å². The summed E-state index contributed by atoms with van der Waals surface area (Å²) < 4.78 is 14.9. The van der Waals surface area contributed by atoms with Gasteiger partial charge in [0.2, 0.25) is 0 Å². The number of ether oxygens (including phenoxy) is 3. The molecule has 0 saturated carbocycles. The molecule has 0 fully saturated rings. The molecule has 0 amide bonds. The van der Waals surface area contributed by atoms with Gasteiger partial charge in [0.05, 0.1) is 19.3 Å². The zero-order valence-electron chi connectivity index (χ0n) is 10.2. The fraction of sp³-hybridized carbons (Fsp3) is 0.462. The second kappa shape index (κ2) is 7.68. The van der Waals surface area contributed by atoms with Gasteiger partial charge < -0.3 is 14.2 Å². The van der Waals surface area contributed by atoms with Gasteiger partial charge in [-0.25, -0.2) is 4.79 Å². The molecule has 1 aromatic rings. The van der Waals surface area contributed by atoms with E-state index in [-0.39, 0.29) is 12.7 Å². The SMILES string of the molecule is CCOC(=O)OCCOC(C)c1ccccc1. The number of benzene rings is 1. The first-order valence-electron chi connectivity index (χ1n) is 5.70. The summed E-state index contributed by atoms with van der Waals surface area (Å²) in [5, 5.41) is 0. The molecule has 1 unspecified atom stereocenters. The number of carbonyl (C=O) groups excluding carboxylic acids is 1. The molecular formula is C13H18O4. The van der Waals surface area contributed by atoms with Crippen LogP contribution < -0.4 is 0 Å². The summed E-state index contributed by atoms with van der Waals surface area (Å²) >= 11 is 0. The Morgan fingerprint density at radius 1 is 1.18 bits per heavy atom. The van der Waals surface area contributed by atoms with Gasteiger partial charge >= 0.3 is 6.16 Å². The molecule has 0 aliphatic heterocycles. The molecule has 0 spiro atoms. The van der Waals surface area contributed by atoms with Gasteiger partial charge in [0, 0.05) is 0 Å². The van der Waals surface area contributed by atoms with Crippen molar-refractivity contribution < 1.29 is 19.0 Å². The summed E-state index contributed by atoms with van der Waals surface area (Å²) in [6.07, 6.45) is -0.662. The van der Waals surface area contributed by atoms with Crippen LogP contribution in [0.2, 0.25) is 0 Å². The van der Waals surface area contributed by atoms with Gasteiger partial charge in [-0.1, -0.05) is 30.3 Å². The lowest BCUT2D eigenvalue weighted by atomic mass is 10.1. The van der Waals surface area contributed by atoms with Crippen LogP contribution in [0.3, 0.4) is 0 Å². The van der Waals surface area contributed by atoms with E-state index in [9.17, 15) is 4.79 Å². The van der Waals surface area contributed by atoms with Gasteiger partial charge in [-0.2, -0.15) is 0 Å². The lowest BCUT2D eigenvalue weighted by molar-refractivity contribution is 0.00697. The van der Waals surface area contributed by atoms with Crippen molar-refractivity contribution in [2.24, 2.45) is 0 Å². The molecule has 0 radical (unpaired) electrons. The molecule has 0 N–H and O–H groups in total. The molecule has 4 heteroatoms. The first-order valence-corrected chi connectivity index (χ1v) is 5.70. The van der Waals surface area contributed by atoms with Gasteiger partial charge in [-0.3, -0.25) is 0 Å². The van der Waals surface area contributed by atoms with Crippen molar-refractivity contribution in [3.8, 4) is 0 Å². The number of hydrogen-bond donors (Lipinski definition) is 0. The first-order chi connectivity index (χ1) is 8.24. The lowest BCUT2D eigenvalue weighted by Gasteiger charge is -2.13. The van der Waals surface area contributed by atoms with E-state index in [1.165, 1.54) is 0 Å². The van der Waals surface area contributed by atoms with Crippen LogP contribution in [0.5, 0.6) is 0 Å². The van der Waals surface area contributed by atoms with Crippen LogP contribution in [0.15, 0.2) is 30.3 Å². The maximum atomic E-state index is 10.9. The second-order valence-corrected chi connectivity index (χ2v) is 3.46. The van der Waals surface area contributed by atoms with Crippen molar-refractivity contribution in [1.29, 1.82) is 0 Å². The van der Waals surface area contributed by atoms with Crippen LogP contribution in [-0.4, -0.2) is 26.0 Å². The van der Waals surface area contributed by atoms with E-state index in [1.54, 1.807) is 6.92 Å². The third-order valence-corrected chi connectivity index (χ3v) is 2.20. The van der Waals surface area contributed by atoms with E-state index in [0.717, 1.165) is 5.56 Å². The molecule has 1 rings (SSSR count). The summed E-state index contributed by atoms with van der Waals surface area (Å²) in [5.41, 5.74) is 1.10. The van der Waals surface area contributed by atoms with Crippen molar-refractivity contribution in [2.75, 3.05) is 19.8 Å². The fourth-order valence-corrected chi connectivity index (χ4v) is 1.33. The Labute approximate surface area is 101 Å². The molecule has 0 aliphatic carbocycles. The number of rotatable bonds is 6. The molecule has 0 heterocycles. The molecule has 94 valence electrons. The summed E-state index contributed by atoms with van der Waals surface area (Å²) in [6.45, 7) is 4.57. The van der Waals surface area contributed by atoms with Crippen LogP contribution in [0.25, 0.3) is 0 Å². The summed E-state index contributed by atoms with van der Waals surface area (Å²) in [5.74, 6) is 0. The maximum absolute atomic E-state index is 10.9. The Balaban J connectivity index is 2.17. The molecule has 0 aromatic heterocycles. The highest BCUT2D eigenvalue weighted by Crippen LogP contribution is 2.15. The standard InChI is InChI=1S/C13H18O4/c1-3-15-13(14)17-10-9-16-11(2)12-7-5-4-6-8-12/h4-8,11H,3,9-10H2,1-2H3. The zero-order valence-corrected chi connectivity index (χ0v) is 10.2. The highest BCUT2D eigenvalue weighted by atomic mass is 16.7. The molecule has 17 heavy (non-hydrogen) atoms. The smallest absolute Gasteiger partial charge is 0.435 e. The Morgan fingerprint density at radius 3 is 2.53 bits per heavy atom. The van der Waals surface area contributed by atoms with Crippen molar-refractivity contribution in [1.82, 2.24) is 0 Å². The molecule has 4 nitrogen and oxygen atoms in total. The normalized spacial score (nSPS) is 11.9. The molecule has 1 atom stereocenters. The second-order valence-electron chi connectivity index (χ2n) is 3.46. The molecule has 0 bridgehead atoms. The van der Waals surface area contributed by atoms with Gasteiger partial charge in [0.15, 0.2) is 0 Å². The van der Waals surface area contributed by atoms with E-state index >= 15 is 0 Å². The van der Waals surface area contributed by atoms with Crippen LogP contribution in [-0.2, 0) is 14.2 Å². The third kappa shape index (κ3) is 5.36. The Kier molecular flexibility index (Phi) is 6.10. The van der Waals surface area contributed by atoms with Gasteiger partial charge in [0.1, 0.15) is 6.61 Å². The van der Waals surface area contributed by atoms with Crippen LogP contribution in [0, 0.1) is 0 Å². The Hall–Kier alpha value is -1.55. The Bertz CT molecular complexity index is 323. The predicted molar refractivity (Wildman–Crippen MR) is 63.8 cm³/mol. The van der Waals surface area contributed by atoms with E-state index < -0.39 is 6.16 Å². The van der Waals surface area contributed by atoms with Gasteiger partial charge in [-0.05, 0) is 19.4 Å². The minimum atomic E-state index is -0.650. The highest BCUT2D eigenvalue weighted by Gasteiger charge is 2.06. The van der Waals surface area contributed by atoms with Crippen molar-refractivity contribution in [3.63, 3.8) is 0 Å². The summed E-state index contributed by atoms with van der Waals surface area (Å²) in [7, 11) is 0. The number of hydrogen-bond acceptors (Lipinski definition) is 4. The van der Waals surface area contributed by atoms with E-state index in [1.807, 2.05) is 37.3 Å². The van der Waals surface area contributed by atoms with Gasteiger partial charge in [0.25, 0.3) is 0 Å². The summed E-state index contributed by atoms with van der Waals surface area (Å²) in [6, 6.07) is 9.88. The molecular weight excluding hydrogens is 220 g/mol. The van der Waals surface area contributed by atoms with E-state index in [0.29, 0.717) is 13.2 Å². The average molecular weight is 238 g/mol. The molecule has 1 aromatic carbocycles. The monoisotopic (exact) mass is 238 g/mol. The molecule has 0 saturated heterocycles. The van der Waals surface area contributed by atoms with Crippen molar-refractivity contribution in [3.05, 3.63) is 35.9 Å². The quantitative estimate of drug-likeness (QED) is 0.564. The van der Waals surface area contributed by atoms with Crippen LogP contribution >= 0.6 is 0 Å². The zero-order chi connectivity index (χ0) is 12.5. The minimum Gasteiger partial charge on any atom is -0.435 e. The maximum Gasteiger partial charge on any atom is 0.508 e. The van der Waals surface area contributed by atoms with E-state index in [4.69, 9.17) is 9.47 Å². The fourth-order valence-electron chi connectivity index (χ4n) is 1.33. The molecule has 0 aliphatic rings. The predicted octanol–water partition coefficient (Wildman–Crippen LogP) is 2.94. The van der Waals surface area contributed by atoms with E-state index in [2.05, 4.69) is 4.74 Å². The average Bonchev–Trinajstić information content (AvgIpc) is 2.36. The van der Waals surface area contributed by atoms with Crippen LogP contribution in [0.1, 0.15) is 25.5 Å². The minimum absolute atomic E-state index is 0.0120. The lowest BCUT2D eigenvalue weighted by Crippen LogP contribution is -2.13. The largest absolute Gasteiger partial charge is 0.508 e. The number of carbonyl (C=O) groups is 1. The summed E-state index contributed by atoms with van der Waals surface area (Å²) in [4.78, 5) is 10.9.